The first-order valence-electron chi connectivity index (χ1n) is 3.21. The van der Waals surface area contributed by atoms with Crippen LogP contribution >= 0.6 is 0 Å². The lowest BCUT2D eigenvalue weighted by atomic mass is 10.2. The Balaban J connectivity index is 2.47. The van der Waals surface area contributed by atoms with E-state index < -0.39 is 0 Å². The summed E-state index contributed by atoms with van der Waals surface area (Å²) in [7, 11) is 0. The molecule has 0 aromatic carbocycles. The van der Waals surface area contributed by atoms with Crippen LogP contribution in [0, 0.1) is 0 Å². The Morgan fingerprint density at radius 1 is 1.09 bits per heavy atom. The maximum atomic E-state index is 9.22. The number of rotatable bonds is 0. The minimum Gasteiger partial charge on any atom is -0.504 e. The molecule has 0 unspecified atom stereocenters. The minimum atomic E-state index is 0.0897. The molecule has 56 valence electrons. The van der Waals surface area contributed by atoms with Crippen LogP contribution in [0.25, 0.3) is 11.8 Å². The molecule has 0 saturated heterocycles. The van der Waals surface area contributed by atoms with Gasteiger partial charge in [0, 0.05) is 0 Å². The van der Waals surface area contributed by atoms with Crippen molar-refractivity contribution in [1.82, 2.24) is 0 Å². The summed E-state index contributed by atoms with van der Waals surface area (Å²) in [5.74, 6) is 1.04. The molecular weight excluding hydrogens is 144 g/mol. The van der Waals surface area contributed by atoms with E-state index in [-0.39, 0.29) is 5.76 Å². The van der Waals surface area contributed by atoms with Crippen LogP contribution in [-0.2, 0) is 0 Å². The fourth-order valence-corrected chi connectivity index (χ4v) is 0.833. The van der Waals surface area contributed by atoms with Crippen LogP contribution in [-0.4, -0.2) is 5.11 Å². The Bertz CT molecular complexity index is 336. The molecule has 1 aliphatic rings. The van der Waals surface area contributed by atoms with E-state index >= 15 is 0 Å². The van der Waals surface area contributed by atoms with Gasteiger partial charge in [0.05, 0.1) is 0 Å². The van der Waals surface area contributed by atoms with Crippen molar-refractivity contribution in [3.05, 3.63) is 35.8 Å². The summed E-state index contributed by atoms with van der Waals surface area (Å²) in [5, 5.41) is 9.22. The maximum Gasteiger partial charge on any atom is 0.267 e. The molecule has 1 heterocycles. The standard InChI is InChI=1S/C8H6O3/c9-6-4-2-1-3-5-7-8(6)11-10-7/h1-5,9H/b2-1-,3-1?,4-2?,5-3-,6-4+,7-5?,8-6?. The van der Waals surface area contributed by atoms with Crippen molar-refractivity contribution in [2.75, 3.05) is 0 Å². The summed E-state index contributed by atoms with van der Waals surface area (Å²) in [5.41, 5.74) is 0. The van der Waals surface area contributed by atoms with Gasteiger partial charge in [-0.1, -0.05) is 18.2 Å². The van der Waals surface area contributed by atoms with E-state index in [2.05, 4.69) is 9.15 Å². The second-order valence-electron chi connectivity index (χ2n) is 2.16. The number of aliphatic hydroxyl groups is 1. The summed E-state index contributed by atoms with van der Waals surface area (Å²) in [6.07, 6.45) is 8.58. The highest BCUT2D eigenvalue weighted by Crippen LogP contribution is 2.23. The van der Waals surface area contributed by atoms with Gasteiger partial charge >= 0.3 is 0 Å². The zero-order chi connectivity index (χ0) is 7.68. The Morgan fingerprint density at radius 3 is 2.73 bits per heavy atom. The smallest absolute Gasteiger partial charge is 0.267 e. The molecule has 3 heteroatoms. The monoisotopic (exact) mass is 150 g/mol. The van der Waals surface area contributed by atoms with Crippen molar-refractivity contribution >= 4 is 11.8 Å². The molecule has 11 heavy (non-hydrogen) atoms. The van der Waals surface area contributed by atoms with Crippen molar-refractivity contribution in [3.8, 4) is 0 Å². The summed E-state index contributed by atoms with van der Waals surface area (Å²) in [6.45, 7) is 0. The molecule has 0 bridgehead atoms. The quantitative estimate of drug-likeness (QED) is 0.577. The molecule has 0 amide bonds. The second kappa shape index (κ2) is 2.20. The predicted octanol–water partition coefficient (Wildman–Crippen LogP) is 2.35. The Morgan fingerprint density at radius 2 is 2.00 bits per heavy atom. The molecular formula is C8H6O3. The lowest BCUT2D eigenvalue weighted by molar-refractivity contribution is -0.0118. The third-order valence-electron chi connectivity index (χ3n) is 1.40. The second-order valence-corrected chi connectivity index (χ2v) is 2.16. The Labute approximate surface area is 62.9 Å². The minimum absolute atomic E-state index is 0.0897. The highest BCUT2D eigenvalue weighted by Gasteiger charge is 2.16. The molecule has 0 saturated carbocycles. The van der Waals surface area contributed by atoms with Gasteiger partial charge in [-0.05, 0) is 12.2 Å². The van der Waals surface area contributed by atoms with Gasteiger partial charge < -0.3 is 5.11 Å². The molecule has 0 spiro atoms. The largest absolute Gasteiger partial charge is 0.504 e. The highest BCUT2D eigenvalue weighted by molar-refractivity contribution is 5.65. The van der Waals surface area contributed by atoms with E-state index in [1.54, 1.807) is 30.4 Å². The van der Waals surface area contributed by atoms with Crippen molar-refractivity contribution in [1.29, 1.82) is 0 Å². The van der Waals surface area contributed by atoms with Gasteiger partial charge in [0.15, 0.2) is 5.76 Å². The first-order chi connectivity index (χ1) is 5.38. The Hall–Kier alpha value is -1.64. The van der Waals surface area contributed by atoms with E-state index in [4.69, 9.17) is 0 Å². The molecule has 1 aromatic heterocycles. The molecule has 0 aliphatic heterocycles. The van der Waals surface area contributed by atoms with E-state index in [1.807, 2.05) is 0 Å². The zero-order valence-electron chi connectivity index (χ0n) is 5.65. The summed E-state index contributed by atoms with van der Waals surface area (Å²) >= 11 is 0. The zero-order valence-corrected chi connectivity index (χ0v) is 5.65. The third kappa shape index (κ3) is 0.902. The van der Waals surface area contributed by atoms with Crippen LogP contribution in [0.2, 0.25) is 0 Å². The van der Waals surface area contributed by atoms with Gasteiger partial charge in [0.1, 0.15) is 0 Å². The lowest BCUT2D eigenvalue weighted by Gasteiger charge is -2.03. The van der Waals surface area contributed by atoms with Gasteiger partial charge in [-0.25, -0.2) is 0 Å². The molecule has 3 nitrogen and oxygen atoms in total. The number of fused-ring (bicyclic) bond motifs is 1. The molecule has 1 N–H and O–H groups in total. The first kappa shape index (κ1) is 6.09. The SMILES string of the molecule is O/C1=C/C=C\C=C/c2ooc21. The van der Waals surface area contributed by atoms with Gasteiger partial charge in [0.25, 0.3) is 5.76 Å². The van der Waals surface area contributed by atoms with Crippen LogP contribution in [0.4, 0.5) is 0 Å². The lowest BCUT2D eigenvalue weighted by Crippen LogP contribution is -1.91. The van der Waals surface area contributed by atoms with Gasteiger partial charge in [-0.15, -0.1) is 0 Å². The summed E-state index contributed by atoms with van der Waals surface area (Å²) in [6, 6.07) is 0. The fraction of sp³-hybridized carbons (Fsp3) is 0. The van der Waals surface area contributed by atoms with E-state index in [1.165, 1.54) is 0 Å². The van der Waals surface area contributed by atoms with Gasteiger partial charge in [0.2, 0.25) is 5.76 Å². The van der Waals surface area contributed by atoms with Gasteiger partial charge in [-0.3, -0.25) is 9.15 Å². The number of hydrogen-bond acceptors (Lipinski definition) is 3. The van der Waals surface area contributed by atoms with Gasteiger partial charge in [-0.2, -0.15) is 0 Å². The maximum absolute atomic E-state index is 9.22. The number of aliphatic hydroxyl groups excluding tert-OH is 1. The number of allylic oxidation sites excluding steroid dienone is 4. The van der Waals surface area contributed by atoms with Crippen LogP contribution in [0.5, 0.6) is 0 Å². The first-order valence-corrected chi connectivity index (χ1v) is 3.21. The van der Waals surface area contributed by atoms with Crippen LogP contribution in [0.3, 0.4) is 0 Å². The average molecular weight is 150 g/mol. The molecule has 0 radical (unpaired) electrons. The number of hydrogen-bond donors (Lipinski definition) is 1. The van der Waals surface area contributed by atoms with E-state index in [0.29, 0.717) is 11.5 Å². The van der Waals surface area contributed by atoms with Crippen molar-refractivity contribution in [2.24, 2.45) is 0 Å². The Kier molecular flexibility index (Phi) is 1.22. The third-order valence-corrected chi connectivity index (χ3v) is 1.40. The average Bonchev–Trinajstić information content (AvgIpc) is 1.92. The summed E-state index contributed by atoms with van der Waals surface area (Å²) < 4.78 is 9.16. The molecule has 1 aromatic rings. The van der Waals surface area contributed by atoms with Crippen LogP contribution < -0.4 is 0 Å². The molecule has 0 fully saturated rings. The predicted molar refractivity (Wildman–Crippen MR) is 39.8 cm³/mol. The fourth-order valence-electron chi connectivity index (χ4n) is 0.833. The molecule has 1 aliphatic carbocycles. The summed E-state index contributed by atoms with van der Waals surface area (Å²) in [4.78, 5) is 0. The van der Waals surface area contributed by atoms with Crippen molar-refractivity contribution in [2.45, 2.75) is 0 Å². The molecule has 2 rings (SSSR count). The molecule has 0 atom stereocenters. The van der Waals surface area contributed by atoms with Crippen molar-refractivity contribution < 1.29 is 14.3 Å². The van der Waals surface area contributed by atoms with Crippen LogP contribution in [0.15, 0.2) is 33.5 Å². The van der Waals surface area contributed by atoms with Crippen molar-refractivity contribution in [3.63, 3.8) is 0 Å². The highest BCUT2D eigenvalue weighted by atomic mass is 17.0. The normalized spacial score (nSPS) is 26.0. The van der Waals surface area contributed by atoms with E-state index in [0.717, 1.165) is 0 Å². The van der Waals surface area contributed by atoms with Crippen LogP contribution in [0.1, 0.15) is 11.5 Å². The van der Waals surface area contributed by atoms with E-state index in [9.17, 15) is 5.11 Å². The topological polar surface area (TPSA) is 46.5 Å².